The molecule has 0 aliphatic carbocycles. The van der Waals surface area contributed by atoms with Gasteiger partial charge in [-0.3, -0.25) is 0 Å². The van der Waals surface area contributed by atoms with Crippen LogP contribution in [0.25, 0.3) is 10.9 Å². The van der Waals surface area contributed by atoms with Crippen molar-refractivity contribution in [3.05, 3.63) is 36.0 Å². The minimum atomic E-state index is 0.235. The minimum Gasteiger partial charge on any atom is -0.361 e. The highest BCUT2D eigenvalue weighted by atomic mass is 14.9. The number of benzene rings is 1. The molecule has 0 spiro atoms. The van der Waals surface area contributed by atoms with Crippen molar-refractivity contribution in [2.75, 3.05) is 0 Å². The third-order valence-corrected chi connectivity index (χ3v) is 2.72. The zero-order valence-corrected chi connectivity index (χ0v) is 9.33. The van der Waals surface area contributed by atoms with Gasteiger partial charge >= 0.3 is 0 Å². The molecule has 16 heavy (non-hydrogen) atoms. The van der Waals surface area contributed by atoms with Gasteiger partial charge in [-0.25, -0.2) is 0 Å². The first-order valence-electron chi connectivity index (χ1n) is 5.46. The van der Waals surface area contributed by atoms with Gasteiger partial charge in [0.1, 0.15) is 0 Å². The van der Waals surface area contributed by atoms with E-state index in [1.54, 1.807) is 0 Å². The van der Waals surface area contributed by atoms with E-state index in [-0.39, 0.29) is 6.04 Å². The monoisotopic (exact) mass is 213 g/mol. The number of fused-ring (bicyclic) bond motifs is 1. The molecule has 1 aromatic carbocycles. The van der Waals surface area contributed by atoms with Crippen molar-refractivity contribution < 1.29 is 0 Å². The Bertz CT molecular complexity index is 507. The van der Waals surface area contributed by atoms with Crippen LogP contribution >= 0.6 is 0 Å². The molecule has 0 saturated heterocycles. The smallest absolute Gasteiger partial charge is 0.0638 e. The molecule has 1 heterocycles. The molecule has 2 N–H and O–H groups in total. The number of aromatic nitrogens is 1. The molecule has 0 aliphatic rings. The van der Waals surface area contributed by atoms with Crippen molar-refractivity contribution in [3.8, 4) is 6.07 Å². The number of hydrogen-bond donors (Lipinski definition) is 2. The van der Waals surface area contributed by atoms with Crippen LogP contribution in [0.5, 0.6) is 0 Å². The van der Waals surface area contributed by atoms with Crippen LogP contribution in [0.4, 0.5) is 0 Å². The summed E-state index contributed by atoms with van der Waals surface area (Å²) in [6.45, 7) is 2.83. The molecule has 1 unspecified atom stereocenters. The molecule has 82 valence electrons. The second-order valence-corrected chi connectivity index (χ2v) is 4.00. The van der Waals surface area contributed by atoms with Crippen molar-refractivity contribution in [1.82, 2.24) is 10.3 Å². The normalized spacial score (nSPS) is 12.5. The maximum atomic E-state index is 8.58. The lowest BCUT2D eigenvalue weighted by atomic mass is 10.1. The van der Waals surface area contributed by atoms with Crippen LogP contribution in [0.15, 0.2) is 30.5 Å². The molecule has 3 nitrogen and oxygen atoms in total. The number of rotatable bonds is 4. The maximum Gasteiger partial charge on any atom is 0.0638 e. The fraction of sp³-hybridized carbons (Fsp3) is 0.308. The van der Waals surface area contributed by atoms with E-state index in [1.807, 2.05) is 19.2 Å². The first kappa shape index (κ1) is 10.7. The molecular formula is C13H15N3. The number of hydrogen-bond acceptors (Lipinski definition) is 2. The van der Waals surface area contributed by atoms with Crippen LogP contribution in [0, 0.1) is 11.3 Å². The first-order chi connectivity index (χ1) is 7.81. The van der Waals surface area contributed by atoms with Crippen LogP contribution in [-0.2, 0) is 6.54 Å². The number of nitrogens with one attached hydrogen (secondary N) is 2. The van der Waals surface area contributed by atoms with Crippen molar-refractivity contribution in [3.63, 3.8) is 0 Å². The van der Waals surface area contributed by atoms with E-state index in [0.717, 1.165) is 12.1 Å². The van der Waals surface area contributed by atoms with Crippen molar-refractivity contribution in [2.45, 2.75) is 25.9 Å². The molecule has 1 atom stereocenters. The van der Waals surface area contributed by atoms with Crippen LogP contribution in [0.2, 0.25) is 0 Å². The Kier molecular flexibility index (Phi) is 3.23. The quantitative estimate of drug-likeness (QED) is 0.820. The summed E-state index contributed by atoms with van der Waals surface area (Å²) < 4.78 is 0. The van der Waals surface area contributed by atoms with Crippen LogP contribution in [-0.4, -0.2) is 11.0 Å². The van der Waals surface area contributed by atoms with Crippen molar-refractivity contribution in [2.24, 2.45) is 0 Å². The summed E-state index contributed by atoms with van der Waals surface area (Å²) in [7, 11) is 0. The van der Waals surface area contributed by atoms with Gasteiger partial charge in [0, 0.05) is 29.7 Å². The topological polar surface area (TPSA) is 51.6 Å². The number of nitriles is 1. The molecule has 3 heteroatoms. The maximum absolute atomic E-state index is 8.58. The SMILES string of the molecule is CC(CC#N)NCc1cccc2[nH]ccc12. The lowest BCUT2D eigenvalue weighted by Gasteiger charge is -2.10. The lowest BCUT2D eigenvalue weighted by Crippen LogP contribution is -2.24. The third-order valence-electron chi connectivity index (χ3n) is 2.72. The Morgan fingerprint density at radius 2 is 2.31 bits per heavy atom. The highest BCUT2D eigenvalue weighted by molar-refractivity contribution is 5.82. The molecule has 0 fully saturated rings. The molecule has 0 saturated carbocycles. The van der Waals surface area contributed by atoms with E-state index in [2.05, 4.69) is 34.6 Å². The van der Waals surface area contributed by atoms with Gasteiger partial charge in [-0.2, -0.15) is 5.26 Å². The van der Waals surface area contributed by atoms with E-state index in [1.165, 1.54) is 10.9 Å². The summed E-state index contributed by atoms with van der Waals surface area (Å²) in [6.07, 6.45) is 2.50. The predicted molar refractivity (Wildman–Crippen MR) is 64.8 cm³/mol. The molecule has 0 aliphatic heterocycles. The van der Waals surface area contributed by atoms with Gasteiger partial charge in [-0.1, -0.05) is 12.1 Å². The fourth-order valence-electron chi connectivity index (χ4n) is 1.80. The highest BCUT2D eigenvalue weighted by Gasteiger charge is 2.03. The van der Waals surface area contributed by atoms with Crippen LogP contribution in [0.1, 0.15) is 18.9 Å². The third kappa shape index (κ3) is 2.23. The molecular weight excluding hydrogens is 198 g/mol. The Labute approximate surface area is 95.1 Å². The van der Waals surface area contributed by atoms with E-state index < -0.39 is 0 Å². The van der Waals surface area contributed by atoms with Crippen LogP contribution < -0.4 is 5.32 Å². The van der Waals surface area contributed by atoms with E-state index in [9.17, 15) is 0 Å². The summed E-state index contributed by atoms with van der Waals surface area (Å²) in [5, 5.41) is 13.2. The second-order valence-electron chi connectivity index (χ2n) is 4.00. The molecule has 2 aromatic rings. The molecule has 0 radical (unpaired) electrons. The number of aromatic amines is 1. The Morgan fingerprint density at radius 1 is 1.44 bits per heavy atom. The lowest BCUT2D eigenvalue weighted by molar-refractivity contribution is 0.559. The predicted octanol–water partition coefficient (Wildman–Crippen LogP) is 2.56. The van der Waals surface area contributed by atoms with Gasteiger partial charge in [0.15, 0.2) is 0 Å². The van der Waals surface area contributed by atoms with Gasteiger partial charge < -0.3 is 10.3 Å². The first-order valence-corrected chi connectivity index (χ1v) is 5.46. The number of nitrogens with zero attached hydrogens (tertiary/aromatic N) is 1. The van der Waals surface area contributed by atoms with Crippen molar-refractivity contribution in [1.29, 1.82) is 5.26 Å². The molecule has 2 rings (SSSR count). The van der Waals surface area contributed by atoms with E-state index in [4.69, 9.17) is 5.26 Å². The summed E-state index contributed by atoms with van der Waals surface area (Å²) in [6, 6.07) is 10.7. The molecule has 0 bridgehead atoms. The van der Waals surface area contributed by atoms with E-state index in [0.29, 0.717) is 6.42 Å². The van der Waals surface area contributed by atoms with Crippen molar-refractivity contribution >= 4 is 10.9 Å². The standard InChI is InChI=1S/C13H15N3/c1-10(5-7-14)16-9-11-3-2-4-13-12(11)6-8-15-13/h2-4,6,8,10,15-16H,5,9H2,1H3. The Balaban J connectivity index is 2.10. The zero-order chi connectivity index (χ0) is 11.4. The van der Waals surface area contributed by atoms with Gasteiger partial charge in [-0.05, 0) is 24.6 Å². The van der Waals surface area contributed by atoms with Gasteiger partial charge in [-0.15, -0.1) is 0 Å². The van der Waals surface area contributed by atoms with Gasteiger partial charge in [0.2, 0.25) is 0 Å². The summed E-state index contributed by atoms with van der Waals surface area (Å²) in [5.74, 6) is 0. The summed E-state index contributed by atoms with van der Waals surface area (Å²) >= 11 is 0. The Hall–Kier alpha value is -1.79. The minimum absolute atomic E-state index is 0.235. The van der Waals surface area contributed by atoms with Gasteiger partial charge in [0.25, 0.3) is 0 Å². The second kappa shape index (κ2) is 4.82. The average Bonchev–Trinajstić information content (AvgIpc) is 2.75. The average molecular weight is 213 g/mol. The Morgan fingerprint density at radius 3 is 3.12 bits per heavy atom. The summed E-state index contributed by atoms with van der Waals surface area (Å²) in [4.78, 5) is 3.19. The molecule has 1 aromatic heterocycles. The van der Waals surface area contributed by atoms with E-state index >= 15 is 0 Å². The molecule has 0 amide bonds. The van der Waals surface area contributed by atoms with Gasteiger partial charge in [0.05, 0.1) is 12.5 Å². The van der Waals surface area contributed by atoms with Crippen LogP contribution in [0.3, 0.4) is 0 Å². The summed E-state index contributed by atoms with van der Waals surface area (Å²) in [5.41, 5.74) is 2.43. The largest absolute Gasteiger partial charge is 0.361 e. The highest BCUT2D eigenvalue weighted by Crippen LogP contribution is 2.17. The fourth-order valence-corrected chi connectivity index (χ4v) is 1.80. The number of H-pyrrole nitrogens is 1. The zero-order valence-electron chi connectivity index (χ0n) is 9.33.